The normalized spacial score (nSPS) is 12.0. The molecule has 0 aliphatic rings. The van der Waals surface area contributed by atoms with Gasteiger partial charge in [-0.15, -0.1) is 0 Å². The molecule has 1 unspecified atom stereocenters. The smallest absolute Gasteiger partial charge is 0.233 e. The Morgan fingerprint density at radius 1 is 1.00 bits per heavy atom. The lowest BCUT2D eigenvalue weighted by atomic mass is 9.96. The number of ether oxygens (including phenoxy) is 1. The van der Waals surface area contributed by atoms with Crippen molar-refractivity contribution in [3.05, 3.63) is 59.7 Å². The van der Waals surface area contributed by atoms with Gasteiger partial charge in [0.1, 0.15) is 5.75 Å². The van der Waals surface area contributed by atoms with Gasteiger partial charge in [0.05, 0.1) is 17.7 Å². The van der Waals surface area contributed by atoms with Gasteiger partial charge in [0.25, 0.3) is 0 Å². The third-order valence-corrected chi connectivity index (χ3v) is 4.46. The van der Waals surface area contributed by atoms with Crippen LogP contribution in [0, 0.1) is 5.92 Å². The van der Waals surface area contributed by atoms with E-state index in [9.17, 15) is 4.79 Å². The molecule has 0 radical (unpaired) electrons. The van der Waals surface area contributed by atoms with Crippen molar-refractivity contribution >= 4 is 28.9 Å². The number of benzene rings is 2. The van der Waals surface area contributed by atoms with Crippen LogP contribution in [0.4, 0.5) is 5.69 Å². The summed E-state index contributed by atoms with van der Waals surface area (Å²) in [5.41, 5.74) is 2.98. The maximum atomic E-state index is 12.6. The molecule has 1 atom stereocenters. The van der Waals surface area contributed by atoms with Crippen LogP contribution in [0.2, 0.25) is 0 Å². The molecule has 0 saturated heterocycles. The SMILES string of the molecule is CC(C)Cc1ccc(C(C)C(=O)NC(=S)Nc2ccccc2OC(C)C)cc1. The number of carbonyl (C=O) groups excluding carboxylic acids is 1. The molecule has 2 aromatic carbocycles. The number of hydrogen-bond acceptors (Lipinski definition) is 3. The summed E-state index contributed by atoms with van der Waals surface area (Å²) in [5.74, 6) is 0.867. The summed E-state index contributed by atoms with van der Waals surface area (Å²) in [7, 11) is 0. The third kappa shape index (κ3) is 6.64. The number of amides is 1. The Hall–Kier alpha value is -2.40. The van der Waals surface area contributed by atoms with Crippen LogP contribution < -0.4 is 15.4 Å². The molecule has 4 nitrogen and oxygen atoms in total. The lowest BCUT2D eigenvalue weighted by Crippen LogP contribution is -2.36. The topological polar surface area (TPSA) is 50.4 Å². The molecule has 0 aliphatic heterocycles. The molecule has 0 saturated carbocycles. The van der Waals surface area contributed by atoms with Gasteiger partial charge in [-0.1, -0.05) is 50.2 Å². The Balaban J connectivity index is 1.97. The lowest BCUT2D eigenvalue weighted by Gasteiger charge is -2.17. The minimum atomic E-state index is -0.296. The molecule has 0 spiro atoms. The summed E-state index contributed by atoms with van der Waals surface area (Å²) in [4.78, 5) is 12.6. The first-order valence-electron chi connectivity index (χ1n) is 9.72. The van der Waals surface area contributed by atoms with Crippen molar-refractivity contribution in [2.75, 3.05) is 5.32 Å². The fraction of sp³-hybridized carbons (Fsp3) is 0.391. The van der Waals surface area contributed by atoms with Crippen LogP contribution in [0.5, 0.6) is 5.75 Å². The number of para-hydroxylation sites is 2. The van der Waals surface area contributed by atoms with Crippen molar-refractivity contribution in [3.63, 3.8) is 0 Å². The van der Waals surface area contributed by atoms with E-state index < -0.39 is 0 Å². The molecule has 2 N–H and O–H groups in total. The fourth-order valence-electron chi connectivity index (χ4n) is 2.87. The van der Waals surface area contributed by atoms with Gasteiger partial charge in [-0.25, -0.2) is 0 Å². The maximum absolute atomic E-state index is 12.6. The van der Waals surface area contributed by atoms with Crippen molar-refractivity contribution < 1.29 is 9.53 Å². The molecule has 0 bridgehead atoms. The Kier molecular flexibility index (Phi) is 8.00. The van der Waals surface area contributed by atoms with E-state index in [1.165, 1.54) is 5.56 Å². The number of hydrogen-bond donors (Lipinski definition) is 2. The van der Waals surface area contributed by atoms with Crippen molar-refractivity contribution in [1.29, 1.82) is 0 Å². The van der Waals surface area contributed by atoms with E-state index in [2.05, 4.69) is 36.6 Å². The second-order valence-electron chi connectivity index (χ2n) is 7.67. The highest BCUT2D eigenvalue weighted by Gasteiger charge is 2.17. The zero-order valence-corrected chi connectivity index (χ0v) is 18.1. The number of anilines is 1. The van der Waals surface area contributed by atoms with Crippen LogP contribution in [0.3, 0.4) is 0 Å². The first-order valence-corrected chi connectivity index (χ1v) is 10.1. The van der Waals surface area contributed by atoms with Gasteiger partial charge >= 0.3 is 0 Å². The number of rotatable bonds is 7. The van der Waals surface area contributed by atoms with Gasteiger partial charge in [-0.2, -0.15) is 0 Å². The zero-order valence-electron chi connectivity index (χ0n) is 17.3. The van der Waals surface area contributed by atoms with E-state index in [-0.39, 0.29) is 23.0 Å². The van der Waals surface area contributed by atoms with Crippen LogP contribution >= 0.6 is 12.2 Å². The highest BCUT2D eigenvalue weighted by molar-refractivity contribution is 7.80. The molecule has 5 heteroatoms. The quantitative estimate of drug-likeness (QED) is 0.622. The third-order valence-electron chi connectivity index (χ3n) is 4.25. The van der Waals surface area contributed by atoms with Gasteiger partial charge in [-0.05, 0) is 68.6 Å². The lowest BCUT2D eigenvalue weighted by molar-refractivity contribution is -0.120. The standard InChI is InChI=1S/C23H30N2O2S/c1-15(2)14-18-10-12-19(13-11-18)17(5)22(26)25-23(28)24-20-8-6-7-9-21(20)27-16(3)4/h6-13,15-17H,14H2,1-5H3,(H2,24,25,26,28). The molecular weight excluding hydrogens is 368 g/mol. The highest BCUT2D eigenvalue weighted by atomic mass is 32.1. The van der Waals surface area contributed by atoms with E-state index in [1.807, 2.05) is 57.2 Å². The molecule has 0 aliphatic carbocycles. The summed E-state index contributed by atoms with van der Waals surface area (Å²) in [6, 6.07) is 15.7. The molecule has 28 heavy (non-hydrogen) atoms. The predicted octanol–water partition coefficient (Wildman–Crippen LogP) is 5.29. The van der Waals surface area contributed by atoms with Crippen molar-refractivity contribution in [1.82, 2.24) is 5.32 Å². The molecule has 0 heterocycles. The Labute approximate surface area is 173 Å². The molecular formula is C23H30N2O2S. The second kappa shape index (κ2) is 10.2. The van der Waals surface area contributed by atoms with Crippen LogP contribution in [0.25, 0.3) is 0 Å². The molecule has 0 aromatic heterocycles. The van der Waals surface area contributed by atoms with E-state index in [0.717, 1.165) is 17.7 Å². The van der Waals surface area contributed by atoms with Crippen LogP contribution in [-0.2, 0) is 11.2 Å². The molecule has 150 valence electrons. The van der Waals surface area contributed by atoms with Gasteiger partial charge in [0, 0.05) is 0 Å². The van der Waals surface area contributed by atoms with Crippen LogP contribution in [-0.4, -0.2) is 17.1 Å². The predicted molar refractivity (Wildman–Crippen MR) is 120 cm³/mol. The fourth-order valence-corrected chi connectivity index (χ4v) is 3.08. The van der Waals surface area contributed by atoms with Crippen molar-refractivity contribution in [2.24, 2.45) is 5.92 Å². The Morgan fingerprint density at radius 3 is 2.25 bits per heavy atom. The maximum Gasteiger partial charge on any atom is 0.233 e. The highest BCUT2D eigenvalue weighted by Crippen LogP contribution is 2.25. The molecule has 2 rings (SSSR count). The van der Waals surface area contributed by atoms with E-state index >= 15 is 0 Å². The summed E-state index contributed by atoms with van der Waals surface area (Å²) in [5, 5.41) is 6.10. The average Bonchev–Trinajstić information content (AvgIpc) is 2.62. The van der Waals surface area contributed by atoms with Crippen LogP contribution in [0.15, 0.2) is 48.5 Å². The molecule has 2 aromatic rings. The Morgan fingerprint density at radius 2 is 1.64 bits per heavy atom. The number of nitrogens with one attached hydrogen (secondary N) is 2. The Bertz CT molecular complexity index is 801. The largest absolute Gasteiger partial charge is 0.489 e. The summed E-state index contributed by atoms with van der Waals surface area (Å²) >= 11 is 5.32. The van der Waals surface area contributed by atoms with Gasteiger partial charge in [0.15, 0.2) is 5.11 Å². The summed E-state index contributed by atoms with van der Waals surface area (Å²) < 4.78 is 5.77. The second-order valence-corrected chi connectivity index (χ2v) is 8.08. The molecule has 0 fully saturated rings. The summed E-state index contributed by atoms with van der Waals surface area (Å²) in [6.45, 7) is 10.2. The first-order chi connectivity index (χ1) is 13.3. The molecule has 1 amide bonds. The summed E-state index contributed by atoms with van der Waals surface area (Å²) in [6.07, 6.45) is 1.08. The van der Waals surface area contributed by atoms with E-state index in [1.54, 1.807) is 0 Å². The van der Waals surface area contributed by atoms with Crippen molar-refractivity contribution in [3.8, 4) is 5.75 Å². The first kappa shape index (κ1) is 21.9. The van der Waals surface area contributed by atoms with Gasteiger partial charge < -0.3 is 15.4 Å². The van der Waals surface area contributed by atoms with E-state index in [4.69, 9.17) is 17.0 Å². The minimum Gasteiger partial charge on any atom is -0.489 e. The van der Waals surface area contributed by atoms with Crippen molar-refractivity contribution in [2.45, 2.75) is 53.1 Å². The minimum absolute atomic E-state index is 0.0461. The zero-order chi connectivity index (χ0) is 20.7. The van der Waals surface area contributed by atoms with Crippen LogP contribution in [0.1, 0.15) is 51.7 Å². The van der Waals surface area contributed by atoms with Gasteiger partial charge in [-0.3, -0.25) is 4.79 Å². The average molecular weight is 399 g/mol. The van der Waals surface area contributed by atoms with E-state index in [0.29, 0.717) is 11.7 Å². The number of carbonyl (C=O) groups is 1. The van der Waals surface area contributed by atoms with Gasteiger partial charge in [0.2, 0.25) is 5.91 Å². The monoisotopic (exact) mass is 398 g/mol. The number of thiocarbonyl (C=S) groups is 1.